The van der Waals surface area contributed by atoms with Gasteiger partial charge in [-0.25, -0.2) is 19.2 Å². The lowest BCUT2D eigenvalue weighted by Crippen LogP contribution is -2.50. The second-order valence-electron chi connectivity index (χ2n) is 18.3. The van der Waals surface area contributed by atoms with Crippen LogP contribution in [0.15, 0.2) is 53.7 Å². The van der Waals surface area contributed by atoms with Gasteiger partial charge in [-0.2, -0.15) is 0 Å². The molecule has 10 rings (SSSR count). The van der Waals surface area contributed by atoms with Crippen LogP contribution in [0.5, 0.6) is 11.6 Å². The van der Waals surface area contributed by atoms with Crippen LogP contribution < -0.4 is 30.4 Å². The Kier molecular flexibility index (Phi) is 10.3. The van der Waals surface area contributed by atoms with E-state index in [0.29, 0.717) is 89.5 Å². The summed E-state index contributed by atoms with van der Waals surface area (Å²) in [6.07, 6.45) is 7.83. The Morgan fingerprint density at radius 1 is 1.13 bits per heavy atom. The van der Waals surface area contributed by atoms with E-state index in [0.717, 1.165) is 43.6 Å². The van der Waals surface area contributed by atoms with E-state index in [-0.39, 0.29) is 29.6 Å². The molecule has 14 nitrogen and oxygen atoms in total. The van der Waals surface area contributed by atoms with Crippen LogP contribution in [0.4, 0.5) is 26.4 Å². The van der Waals surface area contributed by atoms with Crippen LogP contribution in [-0.4, -0.2) is 116 Å². The van der Waals surface area contributed by atoms with Crippen molar-refractivity contribution in [2.24, 2.45) is 0 Å². The molecule has 7 atom stereocenters. The number of amides is 1. The van der Waals surface area contributed by atoms with Crippen LogP contribution in [0.3, 0.4) is 0 Å². The minimum absolute atomic E-state index is 0.0837. The third-order valence-electron chi connectivity index (χ3n) is 13.1. The second kappa shape index (κ2) is 15.4. The Bertz CT molecular complexity index is 2420. The number of nitrogens with zero attached hydrogens (tertiary/aromatic N) is 7. The molecule has 3 aromatic heterocycles. The normalized spacial score (nSPS) is 28.0. The van der Waals surface area contributed by atoms with Gasteiger partial charge in [-0.15, -0.1) is 11.8 Å². The van der Waals surface area contributed by atoms with Crippen LogP contribution in [0.2, 0.25) is 0 Å². The number of thioether (sulfide) groups is 1. The number of hydrogen-bond donors (Lipinski definition) is 1. The Labute approximate surface area is 363 Å². The van der Waals surface area contributed by atoms with Crippen molar-refractivity contribution in [2.45, 2.75) is 105 Å². The Hall–Kier alpha value is -4.45. The number of aromatic nitrogens is 3. The number of methoxy groups -OCH3 is 1. The molecule has 4 saturated heterocycles. The number of carbonyl (C=O) groups excluding carboxylic acids is 1. The molecule has 2 N–H and O–H groups in total. The number of ether oxygens (including phenoxy) is 3. The maximum absolute atomic E-state index is 17.0. The van der Waals surface area contributed by atoms with Crippen molar-refractivity contribution in [1.82, 2.24) is 24.3 Å². The predicted molar refractivity (Wildman–Crippen MR) is 236 cm³/mol. The minimum Gasteiger partial charge on any atom is -0.487 e. The fourth-order valence-corrected chi connectivity index (χ4v) is 12.5. The lowest BCUT2D eigenvalue weighted by molar-refractivity contribution is 0.0163. The van der Waals surface area contributed by atoms with Crippen LogP contribution in [0.25, 0.3) is 10.9 Å². The van der Waals surface area contributed by atoms with E-state index in [1.165, 1.54) is 18.1 Å². The number of hydrogen-bond acceptors (Lipinski definition) is 14. The largest absolute Gasteiger partial charge is 0.487 e. The summed E-state index contributed by atoms with van der Waals surface area (Å²) in [4.78, 5) is 45.7. The van der Waals surface area contributed by atoms with E-state index >= 15 is 4.39 Å². The van der Waals surface area contributed by atoms with Gasteiger partial charge in [0.2, 0.25) is 5.88 Å². The quantitative estimate of drug-likeness (QED) is 0.158. The molecule has 0 bridgehead atoms. The SMILES string of the molecule is COc1cc(CN(Cc2cn3c4c(c(N5CC6N(C(=O)OC(C)(C)C)CCOSC67CC57)c(F)cc4c2=O)OCC3C)[C@H]2CCCN(c3ccc(N)nc3)CC3SC32)ccn1. The van der Waals surface area contributed by atoms with E-state index in [2.05, 4.69) is 31.3 Å². The van der Waals surface area contributed by atoms with E-state index in [1.807, 2.05) is 74.1 Å². The van der Waals surface area contributed by atoms with Crippen LogP contribution in [0.1, 0.15) is 64.1 Å². The molecule has 6 unspecified atom stereocenters. The number of fused-ring (bicyclic) bond motifs is 1. The number of rotatable bonds is 8. The molecule has 17 heteroatoms. The molecule has 1 amide bonds. The minimum atomic E-state index is -0.663. The highest BCUT2D eigenvalue weighted by atomic mass is 32.2. The van der Waals surface area contributed by atoms with Gasteiger partial charge in [0.25, 0.3) is 0 Å². The van der Waals surface area contributed by atoms with Gasteiger partial charge in [-0.3, -0.25) is 14.6 Å². The lowest BCUT2D eigenvalue weighted by Gasteiger charge is -2.36. The maximum Gasteiger partial charge on any atom is 0.410 e. The average Bonchev–Trinajstić information content (AvgIpc) is 4.14. The highest BCUT2D eigenvalue weighted by molar-refractivity contribution is 8.07. The Morgan fingerprint density at radius 3 is 2.77 bits per heavy atom. The molecule has 1 aliphatic carbocycles. The first-order valence-electron chi connectivity index (χ1n) is 21.3. The molecule has 1 aromatic carbocycles. The molecule has 8 heterocycles. The first-order valence-corrected chi connectivity index (χ1v) is 22.9. The summed E-state index contributed by atoms with van der Waals surface area (Å²) in [6.45, 7) is 11.9. The number of piperidine rings is 1. The number of carbonyl (C=O) groups is 1. The molecule has 1 saturated carbocycles. The highest BCUT2D eigenvalue weighted by Crippen LogP contribution is 2.63. The molecule has 5 fully saturated rings. The van der Waals surface area contributed by atoms with Gasteiger partial charge in [0.1, 0.15) is 23.7 Å². The zero-order valence-electron chi connectivity index (χ0n) is 35.2. The molecule has 0 radical (unpaired) electrons. The summed E-state index contributed by atoms with van der Waals surface area (Å²) < 4.78 is 42.5. The monoisotopic (exact) mass is 872 g/mol. The lowest BCUT2D eigenvalue weighted by atomic mass is 9.98. The van der Waals surface area contributed by atoms with Crippen molar-refractivity contribution in [3.05, 3.63) is 76.1 Å². The fraction of sp³-hybridized carbons (Fsp3) is 0.545. The van der Waals surface area contributed by atoms with Gasteiger partial charge in [0, 0.05) is 97.9 Å². The maximum atomic E-state index is 17.0. The first-order chi connectivity index (χ1) is 29.3. The van der Waals surface area contributed by atoms with Crippen LogP contribution >= 0.6 is 23.8 Å². The number of anilines is 3. The van der Waals surface area contributed by atoms with Crippen molar-refractivity contribution in [2.75, 3.05) is 62.0 Å². The molecule has 6 aliphatic rings. The third kappa shape index (κ3) is 7.42. The zero-order valence-corrected chi connectivity index (χ0v) is 36.8. The van der Waals surface area contributed by atoms with Gasteiger partial charge in [-0.05, 0) is 76.8 Å². The predicted octanol–water partition coefficient (Wildman–Crippen LogP) is 6.25. The molecule has 1 spiro atoms. The molecular formula is C44H53FN8O6S2. The van der Waals surface area contributed by atoms with E-state index in [1.54, 1.807) is 18.2 Å². The number of nitrogens with two attached hydrogens (primary N) is 1. The van der Waals surface area contributed by atoms with E-state index < -0.39 is 22.3 Å². The van der Waals surface area contributed by atoms with Gasteiger partial charge >= 0.3 is 6.09 Å². The fourth-order valence-electron chi connectivity index (χ4n) is 10.0. The topological polar surface area (TPSA) is 141 Å². The second-order valence-corrected chi connectivity index (χ2v) is 20.8. The van der Waals surface area contributed by atoms with Gasteiger partial charge < -0.3 is 38.5 Å². The number of pyridine rings is 3. The van der Waals surface area contributed by atoms with E-state index in [4.69, 9.17) is 24.1 Å². The standard InChI is InChI=1S/C44H53FN8O6S2/c1-25-24-57-40-37-29(16-30(45)38(40)53-23-34-44(17-33(44)53)61-58-14-13-51(34)42(55)59-43(2,3)4)39(54)27(21-52(25)37)20-50(19-26-10-11-47-36(15-26)56-5)31-7-6-12-49(22-32-41(31)60-32)28-8-9-35(46)48-18-28/h8-11,15-16,18,21,25,31-34,41H,6-7,12-14,17,19-20,22-24H2,1-5H3,(H2,46,48)/t25?,31-,32?,33?,34?,41?,44?/m0/s1. The summed E-state index contributed by atoms with van der Waals surface area (Å²) in [5.41, 5.74) is 8.71. The van der Waals surface area contributed by atoms with Crippen molar-refractivity contribution in [1.29, 1.82) is 0 Å². The number of halogens is 1. The number of benzene rings is 1. The zero-order chi connectivity index (χ0) is 42.4. The molecule has 61 heavy (non-hydrogen) atoms. The summed E-state index contributed by atoms with van der Waals surface area (Å²) in [5.74, 6) is 0.920. The summed E-state index contributed by atoms with van der Waals surface area (Å²) in [6, 6.07) is 9.03. The molecular weight excluding hydrogens is 820 g/mol. The highest BCUT2D eigenvalue weighted by Gasteiger charge is 2.71. The molecule has 324 valence electrons. The van der Waals surface area contributed by atoms with Gasteiger partial charge in [0.15, 0.2) is 17.0 Å². The summed E-state index contributed by atoms with van der Waals surface area (Å²) in [5, 5.41) is 1.11. The van der Waals surface area contributed by atoms with Crippen LogP contribution in [-0.2, 0) is 22.0 Å². The van der Waals surface area contributed by atoms with Crippen molar-refractivity contribution in [3.8, 4) is 11.6 Å². The van der Waals surface area contributed by atoms with Crippen LogP contribution in [0, 0.1) is 5.82 Å². The average molecular weight is 873 g/mol. The summed E-state index contributed by atoms with van der Waals surface area (Å²) >= 11 is 3.39. The van der Waals surface area contributed by atoms with Crippen molar-refractivity contribution in [3.63, 3.8) is 0 Å². The summed E-state index contributed by atoms with van der Waals surface area (Å²) in [7, 11) is 1.62. The molecule has 4 aromatic rings. The Balaban J connectivity index is 0.982. The van der Waals surface area contributed by atoms with E-state index in [9.17, 15) is 9.59 Å². The molecule has 5 aliphatic heterocycles. The van der Waals surface area contributed by atoms with Gasteiger partial charge in [0.05, 0.1) is 53.3 Å². The van der Waals surface area contributed by atoms with Crippen molar-refractivity contribution < 1.29 is 27.6 Å². The third-order valence-corrected chi connectivity index (χ3v) is 15.8. The van der Waals surface area contributed by atoms with Gasteiger partial charge in [-0.1, -0.05) is 0 Å². The smallest absolute Gasteiger partial charge is 0.410 e. The van der Waals surface area contributed by atoms with Crippen molar-refractivity contribution >= 4 is 58.0 Å². The number of nitrogen functional groups attached to an aromatic ring is 1. The Morgan fingerprint density at radius 2 is 1.98 bits per heavy atom. The first kappa shape index (κ1) is 40.6.